The molecular formula is C16H23N3O2. The standard InChI is InChI=1S/C16H23N3O2/c17-14(12-6-2-1-3-7-12)10-16(21)19(11-15(18)20)13-8-4-5-9-13/h1-3,6-7,13-14H,4-5,8-11,17H2,(H2,18,20). The first-order valence-electron chi connectivity index (χ1n) is 7.46. The van der Waals surface area contributed by atoms with Crippen molar-refractivity contribution in [3.05, 3.63) is 35.9 Å². The molecule has 2 amide bonds. The molecule has 0 bridgehead atoms. The summed E-state index contributed by atoms with van der Waals surface area (Å²) in [5, 5.41) is 0. The molecular weight excluding hydrogens is 266 g/mol. The van der Waals surface area contributed by atoms with Crippen LogP contribution < -0.4 is 11.5 Å². The summed E-state index contributed by atoms with van der Waals surface area (Å²) < 4.78 is 0. The highest BCUT2D eigenvalue weighted by Gasteiger charge is 2.28. The van der Waals surface area contributed by atoms with E-state index in [-0.39, 0.29) is 31.0 Å². The van der Waals surface area contributed by atoms with Gasteiger partial charge in [0.05, 0.1) is 6.54 Å². The number of carbonyl (C=O) groups excluding carboxylic acids is 2. The topological polar surface area (TPSA) is 89.4 Å². The first-order chi connectivity index (χ1) is 10.1. The van der Waals surface area contributed by atoms with Gasteiger partial charge in [0, 0.05) is 18.5 Å². The number of hydrogen-bond acceptors (Lipinski definition) is 3. The Balaban J connectivity index is 2.02. The Morgan fingerprint density at radius 3 is 2.38 bits per heavy atom. The molecule has 1 aliphatic carbocycles. The zero-order valence-corrected chi connectivity index (χ0v) is 12.2. The average molecular weight is 289 g/mol. The fourth-order valence-electron chi connectivity index (χ4n) is 2.93. The number of rotatable bonds is 6. The van der Waals surface area contributed by atoms with Crippen LogP contribution in [0, 0.1) is 0 Å². The maximum atomic E-state index is 12.5. The Hall–Kier alpha value is -1.88. The van der Waals surface area contributed by atoms with Gasteiger partial charge >= 0.3 is 0 Å². The van der Waals surface area contributed by atoms with Crippen LogP contribution >= 0.6 is 0 Å². The first kappa shape index (κ1) is 15.5. The second-order valence-corrected chi connectivity index (χ2v) is 5.65. The maximum Gasteiger partial charge on any atom is 0.237 e. The molecule has 21 heavy (non-hydrogen) atoms. The van der Waals surface area contributed by atoms with Crippen LogP contribution in [0.5, 0.6) is 0 Å². The smallest absolute Gasteiger partial charge is 0.237 e. The molecule has 1 atom stereocenters. The lowest BCUT2D eigenvalue weighted by Crippen LogP contribution is -2.45. The van der Waals surface area contributed by atoms with Gasteiger partial charge in [-0.15, -0.1) is 0 Å². The van der Waals surface area contributed by atoms with Gasteiger partial charge in [-0.2, -0.15) is 0 Å². The highest BCUT2D eigenvalue weighted by Crippen LogP contribution is 2.25. The summed E-state index contributed by atoms with van der Waals surface area (Å²) in [6, 6.07) is 9.31. The molecule has 1 unspecified atom stereocenters. The second-order valence-electron chi connectivity index (χ2n) is 5.65. The van der Waals surface area contributed by atoms with Crippen LogP contribution in [0.2, 0.25) is 0 Å². The van der Waals surface area contributed by atoms with Crippen LogP contribution in [0.1, 0.15) is 43.7 Å². The quantitative estimate of drug-likeness (QED) is 0.828. The third kappa shape index (κ3) is 4.29. The number of benzene rings is 1. The van der Waals surface area contributed by atoms with Gasteiger partial charge in [0.1, 0.15) is 0 Å². The third-order valence-electron chi connectivity index (χ3n) is 4.03. The molecule has 4 N–H and O–H groups in total. The van der Waals surface area contributed by atoms with Crippen LogP contribution in [-0.2, 0) is 9.59 Å². The predicted molar refractivity (Wildman–Crippen MR) is 81.2 cm³/mol. The average Bonchev–Trinajstić information content (AvgIpc) is 2.99. The van der Waals surface area contributed by atoms with Gasteiger partial charge in [-0.1, -0.05) is 43.2 Å². The molecule has 0 radical (unpaired) electrons. The molecule has 1 aromatic rings. The van der Waals surface area contributed by atoms with Crippen molar-refractivity contribution >= 4 is 11.8 Å². The van der Waals surface area contributed by atoms with E-state index in [1.807, 2.05) is 30.3 Å². The monoisotopic (exact) mass is 289 g/mol. The van der Waals surface area contributed by atoms with E-state index in [0.29, 0.717) is 0 Å². The van der Waals surface area contributed by atoms with Crippen molar-refractivity contribution in [2.75, 3.05) is 6.54 Å². The van der Waals surface area contributed by atoms with E-state index in [2.05, 4.69) is 0 Å². The Labute approximate surface area is 125 Å². The van der Waals surface area contributed by atoms with E-state index in [0.717, 1.165) is 31.2 Å². The van der Waals surface area contributed by atoms with Gasteiger partial charge < -0.3 is 16.4 Å². The number of amides is 2. The van der Waals surface area contributed by atoms with Crippen molar-refractivity contribution in [1.29, 1.82) is 0 Å². The minimum atomic E-state index is -0.469. The number of hydrogen-bond donors (Lipinski definition) is 2. The van der Waals surface area contributed by atoms with Crippen molar-refractivity contribution in [3.63, 3.8) is 0 Å². The highest BCUT2D eigenvalue weighted by atomic mass is 16.2. The minimum absolute atomic E-state index is 0.00892. The van der Waals surface area contributed by atoms with Crippen LogP contribution in [0.3, 0.4) is 0 Å². The number of carbonyl (C=O) groups is 2. The maximum absolute atomic E-state index is 12.5. The number of primary amides is 1. The Bertz CT molecular complexity index is 484. The zero-order chi connectivity index (χ0) is 15.2. The van der Waals surface area contributed by atoms with E-state index in [1.165, 1.54) is 0 Å². The highest BCUT2D eigenvalue weighted by molar-refractivity contribution is 5.84. The Morgan fingerprint density at radius 1 is 1.19 bits per heavy atom. The molecule has 5 heteroatoms. The number of nitrogens with two attached hydrogens (primary N) is 2. The lowest BCUT2D eigenvalue weighted by molar-refractivity contribution is -0.137. The first-order valence-corrected chi connectivity index (χ1v) is 7.46. The van der Waals surface area contributed by atoms with Gasteiger partial charge in [0.25, 0.3) is 0 Å². The largest absolute Gasteiger partial charge is 0.368 e. The zero-order valence-electron chi connectivity index (χ0n) is 12.2. The molecule has 2 rings (SSSR count). The molecule has 0 aliphatic heterocycles. The molecule has 1 aromatic carbocycles. The summed E-state index contributed by atoms with van der Waals surface area (Å²) in [6.45, 7) is -0.00892. The van der Waals surface area contributed by atoms with Gasteiger partial charge in [-0.05, 0) is 18.4 Å². The summed E-state index contributed by atoms with van der Waals surface area (Å²) >= 11 is 0. The normalized spacial score (nSPS) is 16.6. The molecule has 1 fully saturated rings. The second kappa shape index (κ2) is 7.22. The van der Waals surface area contributed by atoms with Crippen LogP contribution in [0.4, 0.5) is 0 Å². The van der Waals surface area contributed by atoms with E-state index < -0.39 is 5.91 Å². The van der Waals surface area contributed by atoms with E-state index in [9.17, 15) is 9.59 Å². The third-order valence-corrected chi connectivity index (χ3v) is 4.03. The molecule has 0 saturated heterocycles. The van der Waals surface area contributed by atoms with E-state index in [1.54, 1.807) is 4.90 Å². The van der Waals surface area contributed by atoms with Crippen molar-refractivity contribution in [3.8, 4) is 0 Å². The van der Waals surface area contributed by atoms with Crippen LogP contribution in [-0.4, -0.2) is 29.3 Å². The molecule has 114 valence electrons. The molecule has 5 nitrogen and oxygen atoms in total. The Kier molecular flexibility index (Phi) is 5.33. The van der Waals surface area contributed by atoms with Crippen LogP contribution in [0.15, 0.2) is 30.3 Å². The predicted octanol–water partition coefficient (Wildman–Crippen LogP) is 1.33. The summed E-state index contributed by atoms with van der Waals surface area (Å²) in [4.78, 5) is 25.3. The van der Waals surface area contributed by atoms with Gasteiger partial charge in [0.15, 0.2) is 0 Å². The van der Waals surface area contributed by atoms with Gasteiger partial charge in [-0.3, -0.25) is 9.59 Å². The van der Waals surface area contributed by atoms with Gasteiger partial charge in [-0.25, -0.2) is 0 Å². The molecule has 0 spiro atoms. The lowest BCUT2D eigenvalue weighted by atomic mass is 10.0. The van der Waals surface area contributed by atoms with E-state index in [4.69, 9.17) is 11.5 Å². The van der Waals surface area contributed by atoms with Crippen molar-refractivity contribution < 1.29 is 9.59 Å². The Morgan fingerprint density at radius 2 is 1.81 bits per heavy atom. The van der Waals surface area contributed by atoms with Gasteiger partial charge in [0.2, 0.25) is 11.8 Å². The van der Waals surface area contributed by atoms with Crippen molar-refractivity contribution in [2.24, 2.45) is 11.5 Å². The fraction of sp³-hybridized carbons (Fsp3) is 0.500. The summed E-state index contributed by atoms with van der Waals surface area (Å²) in [6.07, 6.45) is 4.28. The molecule has 1 aliphatic rings. The number of nitrogens with zero attached hydrogens (tertiary/aromatic N) is 1. The summed E-state index contributed by atoms with van der Waals surface area (Å²) in [5.41, 5.74) is 12.3. The summed E-state index contributed by atoms with van der Waals surface area (Å²) in [7, 11) is 0. The SMILES string of the molecule is NC(=O)CN(C(=O)CC(N)c1ccccc1)C1CCCC1. The van der Waals surface area contributed by atoms with Crippen LogP contribution in [0.25, 0.3) is 0 Å². The molecule has 0 aromatic heterocycles. The molecule has 0 heterocycles. The summed E-state index contributed by atoms with van der Waals surface area (Å²) in [5.74, 6) is -0.555. The van der Waals surface area contributed by atoms with E-state index >= 15 is 0 Å². The van der Waals surface area contributed by atoms with Crippen molar-refractivity contribution in [1.82, 2.24) is 4.90 Å². The minimum Gasteiger partial charge on any atom is -0.368 e. The lowest BCUT2D eigenvalue weighted by Gasteiger charge is -2.29. The van der Waals surface area contributed by atoms with Crippen molar-refractivity contribution in [2.45, 2.75) is 44.2 Å². The fourth-order valence-corrected chi connectivity index (χ4v) is 2.93. The molecule has 1 saturated carbocycles.